The second kappa shape index (κ2) is 15.7. The summed E-state index contributed by atoms with van der Waals surface area (Å²) in [5.74, 6) is -0.0218. The van der Waals surface area contributed by atoms with Crippen molar-refractivity contribution in [2.75, 3.05) is 20.6 Å². The summed E-state index contributed by atoms with van der Waals surface area (Å²) in [4.78, 5) is 13.8. The fourth-order valence-electron chi connectivity index (χ4n) is 3.03. The summed E-state index contributed by atoms with van der Waals surface area (Å²) >= 11 is 0. The maximum absolute atomic E-state index is 11.5. The van der Waals surface area contributed by atoms with E-state index in [1.807, 2.05) is 0 Å². The number of amides is 1. The van der Waals surface area contributed by atoms with Crippen molar-refractivity contribution in [2.45, 2.75) is 96.9 Å². The Labute approximate surface area is 151 Å². The molecule has 0 aromatic heterocycles. The Hall–Kier alpha value is -0.830. The largest absolute Gasteiger partial charge is 0.352 e. The number of nitrogens with zero attached hydrogens (tertiary/aromatic N) is 1. The summed E-state index contributed by atoms with van der Waals surface area (Å²) in [7, 11) is 4.28. The monoisotopic (exact) mass is 338 g/mol. The zero-order valence-corrected chi connectivity index (χ0v) is 16.8. The Morgan fingerprint density at radius 2 is 1.42 bits per heavy atom. The molecule has 1 atom stereocenters. The molecular weight excluding hydrogens is 296 g/mol. The molecule has 3 heteroatoms. The number of carbonyl (C=O) groups excluding carboxylic acids is 1. The lowest BCUT2D eigenvalue weighted by Gasteiger charge is -2.24. The normalized spacial score (nSPS) is 12.4. The van der Waals surface area contributed by atoms with Crippen molar-refractivity contribution in [3.05, 3.63) is 12.2 Å². The zero-order valence-electron chi connectivity index (χ0n) is 16.8. The average molecular weight is 339 g/mol. The van der Waals surface area contributed by atoms with Crippen LogP contribution in [0.1, 0.15) is 90.9 Å². The van der Waals surface area contributed by atoms with Crippen LogP contribution in [0, 0.1) is 0 Å². The van der Waals surface area contributed by atoms with Crippen molar-refractivity contribution in [1.29, 1.82) is 0 Å². The smallest absolute Gasteiger partial charge is 0.246 e. The Morgan fingerprint density at radius 3 is 1.88 bits per heavy atom. The molecule has 3 nitrogen and oxygen atoms in total. The minimum atomic E-state index is -0.0218. The lowest BCUT2D eigenvalue weighted by atomic mass is 10.0. The van der Waals surface area contributed by atoms with Crippen molar-refractivity contribution in [3.63, 3.8) is 0 Å². The van der Waals surface area contributed by atoms with Gasteiger partial charge in [-0.3, -0.25) is 4.79 Å². The van der Waals surface area contributed by atoms with Crippen molar-refractivity contribution in [1.82, 2.24) is 10.2 Å². The van der Waals surface area contributed by atoms with Crippen molar-refractivity contribution in [2.24, 2.45) is 0 Å². The molecule has 0 saturated carbocycles. The quantitative estimate of drug-likeness (QED) is 0.305. The van der Waals surface area contributed by atoms with E-state index < -0.39 is 0 Å². The molecule has 0 aromatic rings. The highest BCUT2D eigenvalue weighted by Crippen LogP contribution is 2.14. The van der Waals surface area contributed by atoms with Crippen LogP contribution in [-0.2, 0) is 4.79 Å². The lowest BCUT2D eigenvalue weighted by Crippen LogP contribution is -2.33. The molecule has 0 spiro atoms. The molecule has 1 amide bonds. The number of hydrogen-bond donors (Lipinski definition) is 1. The van der Waals surface area contributed by atoms with E-state index in [2.05, 4.69) is 37.8 Å². The maximum atomic E-state index is 11.5. The van der Waals surface area contributed by atoms with E-state index in [0.717, 1.165) is 13.0 Å². The van der Waals surface area contributed by atoms with Gasteiger partial charge in [-0.15, -0.1) is 0 Å². The molecule has 0 aliphatic rings. The predicted molar refractivity (Wildman–Crippen MR) is 106 cm³/mol. The van der Waals surface area contributed by atoms with Crippen LogP contribution in [-0.4, -0.2) is 37.5 Å². The third-order valence-corrected chi connectivity index (χ3v) is 4.77. The third-order valence-electron chi connectivity index (χ3n) is 4.77. The van der Waals surface area contributed by atoms with Crippen LogP contribution in [0.2, 0.25) is 0 Å². The molecule has 0 saturated heterocycles. The summed E-state index contributed by atoms with van der Waals surface area (Å²) in [5.41, 5.74) is 0.589. The first-order valence-electron chi connectivity index (χ1n) is 10.1. The van der Waals surface area contributed by atoms with Crippen LogP contribution < -0.4 is 5.32 Å². The van der Waals surface area contributed by atoms with Gasteiger partial charge in [0.2, 0.25) is 5.91 Å². The number of carbonyl (C=O) groups is 1. The number of nitrogens with one attached hydrogen (secondary N) is 1. The van der Waals surface area contributed by atoms with Gasteiger partial charge in [-0.1, -0.05) is 77.7 Å². The van der Waals surface area contributed by atoms with Crippen LogP contribution in [0.15, 0.2) is 12.2 Å². The summed E-state index contributed by atoms with van der Waals surface area (Å²) in [5, 5.41) is 2.94. The van der Waals surface area contributed by atoms with E-state index >= 15 is 0 Å². The fourth-order valence-corrected chi connectivity index (χ4v) is 3.03. The van der Waals surface area contributed by atoms with Gasteiger partial charge in [-0.25, -0.2) is 0 Å². The Balaban J connectivity index is 3.61. The Bertz CT molecular complexity index is 326. The molecule has 0 bridgehead atoms. The number of unbranched alkanes of at least 4 members (excludes halogenated alkanes) is 9. The molecule has 0 rings (SSSR count). The molecule has 0 radical (unpaired) electrons. The summed E-state index contributed by atoms with van der Waals surface area (Å²) in [6.07, 6.45) is 16.1. The summed E-state index contributed by atoms with van der Waals surface area (Å²) < 4.78 is 0. The van der Waals surface area contributed by atoms with Gasteiger partial charge in [0.1, 0.15) is 0 Å². The SMILES string of the molecule is C=C(C)C(=O)NCCC(CCCCCCCCCCCC)N(C)C. The fraction of sp³-hybridized carbons (Fsp3) is 0.857. The van der Waals surface area contributed by atoms with Gasteiger partial charge >= 0.3 is 0 Å². The van der Waals surface area contributed by atoms with Gasteiger partial charge in [0.25, 0.3) is 0 Å². The highest BCUT2D eigenvalue weighted by Gasteiger charge is 2.11. The second-order valence-corrected chi connectivity index (χ2v) is 7.41. The predicted octanol–water partition coefficient (Wildman–Crippen LogP) is 5.31. The van der Waals surface area contributed by atoms with Crippen LogP contribution in [0.3, 0.4) is 0 Å². The average Bonchev–Trinajstić information content (AvgIpc) is 2.54. The standard InChI is InChI=1S/C21H42N2O/c1-6-7-8-9-10-11-12-13-14-15-16-20(23(4)5)17-18-22-21(24)19(2)3/h20H,2,6-18H2,1,3-5H3,(H,22,24). The molecule has 1 unspecified atom stereocenters. The Kier molecular flexibility index (Phi) is 15.1. The molecule has 0 aliphatic heterocycles. The summed E-state index contributed by atoms with van der Waals surface area (Å²) in [6.45, 7) is 8.44. The van der Waals surface area contributed by atoms with Crippen LogP contribution in [0.5, 0.6) is 0 Å². The molecule has 0 aliphatic carbocycles. The van der Waals surface area contributed by atoms with Gasteiger partial charge in [-0.05, 0) is 33.9 Å². The Morgan fingerprint density at radius 1 is 0.917 bits per heavy atom. The lowest BCUT2D eigenvalue weighted by molar-refractivity contribution is -0.117. The second-order valence-electron chi connectivity index (χ2n) is 7.41. The van der Waals surface area contributed by atoms with Gasteiger partial charge in [0, 0.05) is 18.2 Å². The van der Waals surface area contributed by atoms with Crippen LogP contribution in [0.25, 0.3) is 0 Å². The third kappa shape index (κ3) is 13.6. The number of hydrogen-bond acceptors (Lipinski definition) is 2. The van der Waals surface area contributed by atoms with Crippen LogP contribution >= 0.6 is 0 Å². The molecule has 24 heavy (non-hydrogen) atoms. The molecule has 142 valence electrons. The van der Waals surface area contributed by atoms with Crippen LogP contribution in [0.4, 0.5) is 0 Å². The van der Waals surface area contributed by atoms with Gasteiger partial charge < -0.3 is 10.2 Å². The minimum Gasteiger partial charge on any atom is -0.352 e. The molecular formula is C21H42N2O. The summed E-state index contributed by atoms with van der Waals surface area (Å²) in [6, 6.07) is 0.560. The van der Waals surface area contributed by atoms with Gasteiger partial charge in [-0.2, -0.15) is 0 Å². The van der Waals surface area contributed by atoms with E-state index in [0.29, 0.717) is 11.6 Å². The van der Waals surface area contributed by atoms with E-state index in [1.54, 1.807) is 6.92 Å². The molecule has 1 N–H and O–H groups in total. The maximum Gasteiger partial charge on any atom is 0.246 e. The number of rotatable bonds is 16. The van der Waals surface area contributed by atoms with Crippen molar-refractivity contribution in [3.8, 4) is 0 Å². The van der Waals surface area contributed by atoms with E-state index in [4.69, 9.17) is 0 Å². The molecule has 0 heterocycles. The molecule has 0 fully saturated rings. The van der Waals surface area contributed by atoms with Gasteiger partial charge in [0.05, 0.1) is 0 Å². The minimum absolute atomic E-state index is 0.0218. The first-order valence-corrected chi connectivity index (χ1v) is 10.1. The van der Waals surface area contributed by atoms with Crippen molar-refractivity contribution < 1.29 is 4.79 Å². The first kappa shape index (κ1) is 23.2. The van der Waals surface area contributed by atoms with Crippen molar-refractivity contribution >= 4 is 5.91 Å². The van der Waals surface area contributed by atoms with Gasteiger partial charge in [0.15, 0.2) is 0 Å². The zero-order chi connectivity index (χ0) is 18.2. The highest BCUT2D eigenvalue weighted by molar-refractivity contribution is 5.91. The highest BCUT2D eigenvalue weighted by atomic mass is 16.1. The van der Waals surface area contributed by atoms with E-state index in [-0.39, 0.29) is 5.91 Å². The van der Waals surface area contributed by atoms with E-state index in [1.165, 1.54) is 70.6 Å². The first-order chi connectivity index (χ1) is 11.5. The molecule has 0 aromatic carbocycles. The van der Waals surface area contributed by atoms with E-state index in [9.17, 15) is 4.79 Å². The topological polar surface area (TPSA) is 32.3 Å².